The van der Waals surface area contributed by atoms with Crippen molar-refractivity contribution in [1.29, 1.82) is 0 Å². The molecule has 0 amide bonds. The largest absolute Gasteiger partial charge is 0.332 e. The van der Waals surface area contributed by atoms with Crippen molar-refractivity contribution in [3.05, 3.63) is 58.1 Å². The molecular formula is C16H16Cl2N2S. The Bertz CT molecular complexity index is 658. The number of benzene rings is 2. The van der Waals surface area contributed by atoms with Gasteiger partial charge in [0.05, 0.1) is 10.0 Å². The molecule has 0 unspecified atom stereocenters. The van der Waals surface area contributed by atoms with E-state index in [0.29, 0.717) is 15.2 Å². The number of para-hydroxylation sites is 1. The first-order valence-electron chi connectivity index (χ1n) is 6.62. The van der Waals surface area contributed by atoms with E-state index < -0.39 is 0 Å². The van der Waals surface area contributed by atoms with Gasteiger partial charge in [-0.3, -0.25) is 0 Å². The van der Waals surface area contributed by atoms with E-state index in [1.165, 1.54) is 5.56 Å². The minimum atomic E-state index is 0.503. The topological polar surface area (TPSA) is 15.3 Å². The van der Waals surface area contributed by atoms with Gasteiger partial charge in [-0.25, -0.2) is 0 Å². The Morgan fingerprint density at radius 2 is 1.86 bits per heavy atom. The molecule has 0 spiro atoms. The molecule has 0 aliphatic carbocycles. The Kier molecular flexibility index (Phi) is 5.45. The van der Waals surface area contributed by atoms with Crippen LogP contribution in [0, 0.1) is 6.92 Å². The zero-order valence-electron chi connectivity index (χ0n) is 11.9. The van der Waals surface area contributed by atoms with Crippen LogP contribution in [0.1, 0.15) is 12.5 Å². The highest BCUT2D eigenvalue weighted by atomic mass is 35.5. The molecule has 2 aromatic rings. The lowest BCUT2D eigenvalue weighted by Crippen LogP contribution is -2.35. The second-order valence-corrected chi connectivity index (χ2v) is 5.79. The lowest BCUT2D eigenvalue weighted by atomic mass is 10.2. The number of nitrogens with one attached hydrogen (secondary N) is 1. The molecule has 0 aromatic heterocycles. The minimum absolute atomic E-state index is 0.503. The van der Waals surface area contributed by atoms with E-state index in [-0.39, 0.29) is 0 Å². The molecule has 0 radical (unpaired) electrons. The highest BCUT2D eigenvalue weighted by Gasteiger charge is 2.12. The van der Waals surface area contributed by atoms with Crippen molar-refractivity contribution < 1.29 is 0 Å². The first-order valence-corrected chi connectivity index (χ1v) is 7.78. The smallest absolute Gasteiger partial charge is 0.177 e. The quantitative estimate of drug-likeness (QED) is 0.741. The maximum absolute atomic E-state index is 6.02. The van der Waals surface area contributed by atoms with E-state index in [1.807, 2.05) is 23.1 Å². The maximum atomic E-state index is 6.02. The fourth-order valence-electron chi connectivity index (χ4n) is 2.05. The molecule has 0 saturated carbocycles. The average molecular weight is 339 g/mol. The average Bonchev–Trinajstić information content (AvgIpc) is 2.46. The summed E-state index contributed by atoms with van der Waals surface area (Å²) in [6.45, 7) is 4.91. The molecule has 0 aliphatic rings. The molecule has 5 heteroatoms. The van der Waals surface area contributed by atoms with Crippen molar-refractivity contribution in [3.8, 4) is 0 Å². The third-order valence-corrected chi connectivity index (χ3v) is 4.20. The molecule has 0 atom stereocenters. The minimum Gasteiger partial charge on any atom is -0.332 e. The number of halogens is 2. The fourth-order valence-corrected chi connectivity index (χ4v) is 2.70. The Balaban J connectivity index is 2.21. The highest BCUT2D eigenvalue weighted by molar-refractivity contribution is 7.80. The number of nitrogens with zero attached hydrogens (tertiary/aromatic N) is 1. The summed E-state index contributed by atoms with van der Waals surface area (Å²) < 4.78 is 0. The molecule has 110 valence electrons. The van der Waals surface area contributed by atoms with Crippen LogP contribution in [-0.2, 0) is 0 Å². The van der Waals surface area contributed by atoms with Crippen molar-refractivity contribution in [2.24, 2.45) is 0 Å². The Labute approximate surface area is 140 Å². The summed E-state index contributed by atoms with van der Waals surface area (Å²) in [4.78, 5) is 2.05. The van der Waals surface area contributed by atoms with Crippen molar-refractivity contribution in [2.75, 3.05) is 16.8 Å². The van der Waals surface area contributed by atoms with Crippen LogP contribution >= 0.6 is 35.4 Å². The molecule has 0 saturated heterocycles. The fraction of sp³-hybridized carbons (Fsp3) is 0.188. The highest BCUT2D eigenvalue weighted by Crippen LogP contribution is 2.26. The molecule has 0 fully saturated rings. The van der Waals surface area contributed by atoms with Gasteiger partial charge in [-0.15, -0.1) is 0 Å². The first kappa shape index (κ1) is 16.1. The Morgan fingerprint density at radius 3 is 2.48 bits per heavy atom. The second-order valence-electron chi connectivity index (χ2n) is 4.59. The molecule has 2 rings (SSSR count). The zero-order chi connectivity index (χ0) is 15.4. The zero-order valence-corrected chi connectivity index (χ0v) is 14.2. The van der Waals surface area contributed by atoms with Crippen LogP contribution in [0.3, 0.4) is 0 Å². The van der Waals surface area contributed by atoms with Gasteiger partial charge in [0.2, 0.25) is 0 Å². The van der Waals surface area contributed by atoms with Gasteiger partial charge in [-0.1, -0.05) is 41.4 Å². The van der Waals surface area contributed by atoms with Crippen LogP contribution in [0.15, 0.2) is 42.5 Å². The summed E-state index contributed by atoms with van der Waals surface area (Å²) in [6, 6.07) is 13.5. The van der Waals surface area contributed by atoms with E-state index in [2.05, 4.69) is 31.3 Å². The van der Waals surface area contributed by atoms with Crippen LogP contribution < -0.4 is 10.2 Å². The number of rotatable bonds is 3. The molecule has 0 bridgehead atoms. The van der Waals surface area contributed by atoms with Crippen molar-refractivity contribution in [3.63, 3.8) is 0 Å². The Hall–Kier alpha value is -1.29. The van der Waals surface area contributed by atoms with Gasteiger partial charge in [0.1, 0.15) is 0 Å². The maximum Gasteiger partial charge on any atom is 0.177 e. The van der Waals surface area contributed by atoms with E-state index in [4.69, 9.17) is 35.4 Å². The molecule has 0 aliphatic heterocycles. The van der Waals surface area contributed by atoms with Gasteiger partial charge in [0.25, 0.3) is 0 Å². The van der Waals surface area contributed by atoms with Gasteiger partial charge in [0.15, 0.2) is 5.11 Å². The molecule has 2 aromatic carbocycles. The molecule has 2 nitrogen and oxygen atoms in total. The number of hydrogen-bond donors (Lipinski definition) is 1. The van der Waals surface area contributed by atoms with Gasteiger partial charge < -0.3 is 10.2 Å². The standard InChI is InChI=1S/C16H16Cl2N2S/c1-3-20(15-7-5-4-6-11(15)2)16(21)19-12-8-9-13(17)14(18)10-12/h4-10H,3H2,1-2H3,(H,19,21). The van der Waals surface area contributed by atoms with E-state index in [1.54, 1.807) is 12.1 Å². The third kappa shape index (κ3) is 3.88. The number of aryl methyl sites for hydroxylation is 1. The summed E-state index contributed by atoms with van der Waals surface area (Å²) in [5, 5.41) is 4.86. The predicted octanol–water partition coefficient (Wildman–Crippen LogP) is 5.53. The number of anilines is 2. The van der Waals surface area contributed by atoms with E-state index in [0.717, 1.165) is 17.9 Å². The lowest BCUT2D eigenvalue weighted by Gasteiger charge is -2.26. The van der Waals surface area contributed by atoms with Crippen molar-refractivity contribution in [2.45, 2.75) is 13.8 Å². The van der Waals surface area contributed by atoms with Gasteiger partial charge in [0, 0.05) is 17.9 Å². The number of thiocarbonyl (C=S) groups is 1. The van der Waals surface area contributed by atoms with Crippen molar-refractivity contribution >= 4 is 51.9 Å². The van der Waals surface area contributed by atoms with Gasteiger partial charge in [-0.2, -0.15) is 0 Å². The summed E-state index contributed by atoms with van der Waals surface area (Å²) in [6.07, 6.45) is 0. The van der Waals surface area contributed by atoms with Crippen molar-refractivity contribution in [1.82, 2.24) is 0 Å². The summed E-state index contributed by atoms with van der Waals surface area (Å²) >= 11 is 17.5. The van der Waals surface area contributed by atoms with Crippen LogP contribution in [0.25, 0.3) is 0 Å². The molecule has 0 heterocycles. The second kappa shape index (κ2) is 7.12. The van der Waals surface area contributed by atoms with Crippen LogP contribution in [0.2, 0.25) is 10.0 Å². The summed E-state index contributed by atoms with van der Waals surface area (Å²) in [7, 11) is 0. The molecule has 21 heavy (non-hydrogen) atoms. The van der Waals surface area contributed by atoms with Crippen LogP contribution in [0.5, 0.6) is 0 Å². The third-order valence-electron chi connectivity index (χ3n) is 3.14. The lowest BCUT2D eigenvalue weighted by molar-refractivity contribution is 1.06. The molecular weight excluding hydrogens is 323 g/mol. The monoisotopic (exact) mass is 338 g/mol. The molecule has 1 N–H and O–H groups in total. The number of hydrogen-bond acceptors (Lipinski definition) is 1. The normalized spacial score (nSPS) is 10.3. The summed E-state index contributed by atoms with van der Waals surface area (Å²) in [5.74, 6) is 0. The predicted molar refractivity (Wildman–Crippen MR) is 96.9 cm³/mol. The Morgan fingerprint density at radius 1 is 1.14 bits per heavy atom. The van der Waals surface area contributed by atoms with Gasteiger partial charge in [-0.05, 0) is 55.9 Å². The van der Waals surface area contributed by atoms with E-state index in [9.17, 15) is 0 Å². The summed E-state index contributed by atoms with van der Waals surface area (Å²) in [5.41, 5.74) is 3.09. The van der Waals surface area contributed by atoms with Crippen LogP contribution in [0.4, 0.5) is 11.4 Å². The van der Waals surface area contributed by atoms with Crippen LogP contribution in [-0.4, -0.2) is 11.7 Å². The van der Waals surface area contributed by atoms with Gasteiger partial charge >= 0.3 is 0 Å². The SMILES string of the molecule is CCN(C(=S)Nc1ccc(Cl)c(Cl)c1)c1ccccc1C. The first-order chi connectivity index (χ1) is 10.0. The van der Waals surface area contributed by atoms with E-state index >= 15 is 0 Å².